The number of aryl methyl sites for hydroxylation is 2. The van der Waals surface area contributed by atoms with E-state index < -0.39 is 30.9 Å². The van der Waals surface area contributed by atoms with Crippen LogP contribution in [0.15, 0.2) is 60.7 Å². The summed E-state index contributed by atoms with van der Waals surface area (Å²) >= 11 is 0. The standard InChI is InChI=1S/C20H24N4O6/c1-19(23(27)28,15-13-17-9-5-3-6-10-17)21(25)22(26)20(2,24(29)30)16-14-18-11-7-4-8-12-18/h3-12H,13-16H2,1-2H3/b22-21+. The second kappa shape index (κ2) is 9.29. The molecule has 0 spiro atoms. The molecule has 0 N–H and O–H groups in total. The Morgan fingerprint density at radius 3 is 1.20 bits per heavy atom. The maximum Gasteiger partial charge on any atom is 0.470 e. The molecule has 0 aliphatic heterocycles. The number of hydrogen-bond acceptors (Lipinski definition) is 6. The van der Waals surface area contributed by atoms with Crippen molar-refractivity contribution < 1.29 is 19.6 Å². The van der Waals surface area contributed by atoms with Crippen molar-refractivity contribution in [2.75, 3.05) is 0 Å². The third-order valence-electron chi connectivity index (χ3n) is 5.24. The van der Waals surface area contributed by atoms with Gasteiger partial charge in [-0.15, -0.1) is 0 Å². The van der Waals surface area contributed by atoms with Gasteiger partial charge in [0.05, 0.1) is 36.5 Å². The Morgan fingerprint density at radius 1 is 0.633 bits per heavy atom. The molecule has 2 atom stereocenters. The lowest BCUT2D eigenvalue weighted by Gasteiger charge is -2.21. The molecule has 0 amide bonds. The van der Waals surface area contributed by atoms with Gasteiger partial charge in [-0.3, -0.25) is 20.2 Å². The molecule has 10 heteroatoms. The summed E-state index contributed by atoms with van der Waals surface area (Å²) in [6, 6.07) is 17.5. The summed E-state index contributed by atoms with van der Waals surface area (Å²) in [7, 11) is 0. The van der Waals surface area contributed by atoms with Crippen molar-refractivity contribution in [1.82, 2.24) is 0 Å². The Balaban J connectivity index is 2.34. The van der Waals surface area contributed by atoms with Crippen LogP contribution in [-0.2, 0) is 12.8 Å². The molecule has 0 fully saturated rings. The summed E-state index contributed by atoms with van der Waals surface area (Å²) < 4.78 is 0. The topological polar surface area (TPSA) is 138 Å². The maximum atomic E-state index is 12.8. The minimum atomic E-state index is -2.36. The van der Waals surface area contributed by atoms with Gasteiger partial charge in [0.15, 0.2) is 0 Å². The van der Waals surface area contributed by atoms with Crippen LogP contribution in [0.25, 0.3) is 0 Å². The summed E-state index contributed by atoms with van der Waals surface area (Å²) in [6.45, 7) is 2.01. The Kier molecular flexibility index (Phi) is 7.04. The van der Waals surface area contributed by atoms with Crippen LogP contribution in [-0.4, -0.2) is 30.9 Å². The average Bonchev–Trinajstić information content (AvgIpc) is 2.75. The van der Waals surface area contributed by atoms with Crippen molar-refractivity contribution in [2.24, 2.45) is 0 Å². The van der Waals surface area contributed by atoms with Crippen LogP contribution >= 0.6 is 0 Å². The number of nitrogens with zero attached hydrogens (tertiary/aromatic N) is 4. The predicted molar refractivity (Wildman–Crippen MR) is 108 cm³/mol. The fourth-order valence-corrected chi connectivity index (χ4v) is 2.96. The molecule has 0 radical (unpaired) electrons. The van der Waals surface area contributed by atoms with Crippen molar-refractivity contribution in [3.8, 4) is 0 Å². The summed E-state index contributed by atoms with van der Waals surface area (Å²) in [5.74, 6) is 0. The number of rotatable bonds is 10. The highest BCUT2D eigenvalue weighted by Gasteiger charge is 2.59. The monoisotopic (exact) mass is 416 g/mol. The summed E-state index contributed by atoms with van der Waals surface area (Å²) in [5, 5.41) is 48.9. The van der Waals surface area contributed by atoms with Crippen LogP contribution in [0.2, 0.25) is 0 Å². The first-order valence-electron chi connectivity index (χ1n) is 9.43. The van der Waals surface area contributed by atoms with E-state index in [2.05, 4.69) is 0 Å². The zero-order chi connectivity index (χ0) is 22.4. The van der Waals surface area contributed by atoms with Gasteiger partial charge in [-0.05, 0) is 24.0 Å². The molecule has 2 aromatic rings. The molecule has 0 heterocycles. The number of hydroxylamine groups is 2. The molecule has 30 heavy (non-hydrogen) atoms. The largest absolute Gasteiger partial charge is 0.561 e. The molecule has 0 aromatic heterocycles. The number of hydrogen-bond donors (Lipinski definition) is 0. The van der Waals surface area contributed by atoms with E-state index in [4.69, 9.17) is 0 Å². The fourth-order valence-electron chi connectivity index (χ4n) is 2.96. The molecule has 0 saturated carbocycles. The van der Waals surface area contributed by atoms with E-state index in [-0.39, 0.29) is 25.7 Å². The van der Waals surface area contributed by atoms with Crippen molar-refractivity contribution in [3.63, 3.8) is 0 Å². The SMILES string of the molecule is CC(CCc1ccccc1)([N+](=O)[O-])/[N+]([O-])=[N+](\[O-])C(C)(CCc1ccccc1)[N+](=O)[O-]. The molecule has 0 aliphatic carbocycles. The van der Waals surface area contributed by atoms with E-state index in [1.54, 1.807) is 60.7 Å². The molecule has 10 nitrogen and oxygen atoms in total. The number of nitro groups is 2. The molecule has 2 rings (SSSR count). The average molecular weight is 416 g/mol. The Bertz CT molecular complexity index is 846. The van der Waals surface area contributed by atoms with Crippen LogP contribution < -0.4 is 0 Å². The van der Waals surface area contributed by atoms with Crippen molar-refractivity contribution in [2.45, 2.75) is 50.9 Å². The first kappa shape index (κ1) is 22.7. The van der Waals surface area contributed by atoms with Gasteiger partial charge in [0, 0.05) is 0 Å². The molecular weight excluding hydrogens is 392 g/mol. The van der Waals surface area contributed by atoms with Gasteiger partial charge in [0.2, 0.25) is 0 Å². The quantitative estimate of drug-likeness (QED) is 0.190. The van der Waals surface area contributed by atoms with Gasteiger partial charge in [-0.2, -0.15) is 0 Å². The normalized spacial score (nSPS) is 16.1. The third kappa shape index (κ3) is 4.88. The van der Waals surface area contributed by atoms with Crippen LogP contribution in [0.1, 0.15) is 37.8 Å². The Hall–Kier alpha value is -3.56. The molecule has 0 bridgehead atoms. The zero-order valence-corrected chi connectivity index (χ0v) is 16.8. The maximum absolute atomic E-state index is 12.8. The highest BCUT2D eigenvalue weighted by atomic mass is 16.7. The Labute approximate surface area is 173 Å². The minimum absolute atomic E-state index is 0.157. The van der Waals surface area contributed by atoms with Crippen molar-refractivity contribution >= 4 is 0 Å². The van der Waals surface area contributed by atoms with Gasteiger partial charge in [-0.25, -0.2) is 0 Å². The Morgan fingerprint density at radius 2 is 0.933 bits per heavy atom. The molecule has 0 aliphatic rings. The van der Waals surface area contributed by atoms with Crippen LogP contribution in [0, 0.1) is 30.6 Å². The fraction of sp³-hybridized carbons (Fsp3) is 0.400. The lowest BCUT2D eigenvalue weighted by Crippen LogP contribution is -2.54. The van der Waals surface area contributed by atoms with E-state index in [1.807, 2.05) is 0 Å². The van der Waals surface area contributed by atoms with E-state index in [0.717, 1.165) is 25.0 Å². The van der Waals surface area contributed by atoms with E-state index in [1.165, 1.54) is 0 Å². The molecule has 2 aromatic carbocycles. The van der Waals surface area contributed by atoms with Crippen LogP contribution in [0.5, 0.6) is 0 Å². The summed E-state index contributed by atoms with van der Waals surface area (Å²) in [6.07, 6.45) is -0.272. The van der Waals surface area contributed by atoms with Crippen LogP contribution in [0.4, 0.5) is 0 Å². The van der Waals surface area contributed by atoms with E-state index in [0.29, 0.717) is 0 Å². The number of azo groups is 1. The minimum Gasteiger partial charge on any atom is -0.561 e. The second-order valence-corrected chi connectivity index (χ2v) is 7.47. The summed E-state index contributed by atoms with van der Waals surface area (Å²) in [5.41, 5.74) is -3.22. The van der Waals surface area contributed by atoms with Crippen molar-refractivity contribution in [1.29, 1.82) is 0 Å². The molecule has 0 saturated heterocycles. The molecule has 2 unspecified atom stereocenters. The van der Waals surface area contributed by atoms with E-state index >= 15 is 0 Å². The lowest BCUT2D eigenvalue weighted by molar-refractivity contribution is -1.11. The smallest absolute Gasteiger partial charge is 0.470 e. The predicted octanol–water partition coefficient (Wildman–Crippen LogP) is 3.71. The first-order chi connectivity index (χ1) is 14.1. The highest BCUT2D eigenvalue weighted by Crippen LogP contribution is 2.24. The van der Waals surface area contributed by atoms with Gasteiger partial charge >= 0.3 is 11.3 Å². The van der Waals surface area contributed by atoms with Gasteiger partial charge < -0.3 is 10.4 Å². The number of benzene rings is 2. The van der Waals surface area contributed by atoms with Gasteiger partial charge in [-0.1, -0.05) is 60.7 Å². The lowest BCUT2D eigenvalue weighted by atomic mass is 10.0. The zero-order valence-electron chi connectivity index (χ0n) is 16.8. The molecular formula is C20H24N4O6. The second-order valence-electron chi connectivity index (χ2n) is 7.47. The summed E-state index contributed by atoms with van der Waals surface area (Å²) in [4.78, 5) is 20.8. The van der Waals surface area contributed by atoms with Gasteiger partial charge in [0.25, 0.3) is 0 Å². The third-order valence-corrected chi connectivity index (χ3v) is 5.24. The highest BCUT2D eigenvalue weighted by molar-refractivity contribution is 5.15. The molecule has 160 valence electrons. The van der Waals surface area contributed by atoms with E-state index in [9.17, 15) is 30.6 Å². The van der Waals surface area contributed by atoms with Crippen LogP contribution in [0.3, 0.4) is 0 Å². The van der Waals surface area contributed by atoms with Gasteiger partial charge in [0.1, 0.15) is 9.72 Å². The first-order valence-corrected chi connectivity index (χ1v) is 9.43. The van der Waals surface area contributed by atoms with Crippen molar-refractivity contribution in [3.05, 3.63) is 102 Å².